The van der Waals surface area contributed by atoms with Gasteiger partial charge in [-0.05, 0) is 61.6 Å². The molecular formula is C25H27FN4S. The van der Waals surface area contributed by atoms with Gasteiger partial charge >= 0.3 is 0 Å². The van der Waals surface area contributed by atoms with Gasteiger partial charge in [-0.15, -0.1) is 6.58 Å². The number of nitrogens with one attached hydrogen (secondary N) is 2. The van der Waals surface area contributed by atoms with Gasteiger partial charge in [0, 0.05) is 41.4 Å². The van der Waals surface area contributed by atoms with Crippen LogP contribution >= 0.6 is 11.9 Å². The first kappa shape index (κ1) is 21.6. The van der Waals surface area contributed by atoms with E-state index >= 15 is 0 Å². The molecule has 3 aliphatic rings. The molecule has 3 atom stereocenters. The highest BCUT2D eigenvalue weighted by Crippen LogP contribution is 2.47. The first-order valence-corrected chi connectivity index (χ1v) is 11.5. The molecule has 1 aromatic rings. The average molecular weight is 435 g/mol. The molecule has 4 rings (SSSR count). The van der Waals surface area contributed by atoms with Crippen molar-refractivity contribution >= 4 is 23.8 Å². The van der Waals surface area contributed by atoms with Crippen LogP contribution in [0, 0.1) is 33.9 Å². The monoisotopic (exact) mass is 434 g/mol. The fourth-order valence-electron chi connectivity index (χ4n) is 4.59. The summed E-state index contributed by atoms with van der Waals surface area (Å²) < 4.78 is 15.7. The van der Waals surface area contributed by atoms with Crippen molar-refractivity contribution in [2.24, 2.45) is 11.3 Å². The van der Waals surface area contributed by atoms with Crippen molar-refractivity contribution in [1.29, 1.82) is 10.7 Å². The zero-order chi connectivity index (χ0) is 21.8. The van der Waals surface area contributed by atoms with E-state index in [1.807, 2.05) is 18.0 Å². The number of piperidine rings is 1. The Morgan fingerprint density at radius 1 is 1.35 bits per heavy atom. The number of nitriles is 1. The minimum Gasteiger partial charge on any atom is -0.355 e. The van der Waals surface area contributed by atoms with Gasteiger partial charge in [0.2, 0.25) is 0 Å². The van der Waals surface area contributed by atoms with Crippen LogP contribution in [-0.4, -0.2) is 28.9 Å². The number of hydrogen-bond acceptors (Lipinski definition) is 5. The Balaban J connectivity index is 1.51. The van der Waals surface area contributed by atoms with Crippen molar-refractivity contribution in [3.63, 3.8) is 0 Å². The highest BCUT2D eigenvalue weighted by atomic mass is 32.2. The molecule has 1 saturated heterocycles. The number of allylic oxidation sites excluding steroid dienone is 3. The molecule has 1 aliphatic heterocycles. The molecule has 0 saturated carbocycles. The third-order valence-electron chi connectivity index (χ3n) is 6.34. The van der Waals surface area contributed by atoms with Gasteiger partial charge in [-0.25, -0.2) is 8.70 Å². The lowest BCUT2D eigenvalue weighted by molar-refractivity contribution is 0.276. The van der Waals surface area contributed by atoms with Gasteiger partial charge in [0.1, 0.15) is 5.82 Å². The average Bonchev–Trinajstić information content (AvgIpc) is 2.80. The van der Waals surface area contributed by atoms with Crippen LogP contribution in [0.25, 0.3) is 0 Å². The molecular weight excluding hydrogens is 407 g/mol. The van der Waals surface area contributed by atoms with E-state index in [0.29, 0.717) is 11.7 Å². The van der Waals surface area contributed by atoms with Gasteiger partial charge in [0.25, 0.3) is 0 Å². The van der Waals surface area contributed by atoms with Crippen molar-refractivity contribution in [1.82, 2.24) is 4.31 Å². The summed E-state index contributed by atoms with van der Waals surface area (Å²) in [6.45, 7) is 5.94. The maximum atomic E-state index is 13.2. The van der Waals surface area contributed by atoms with Crippen LogP contribution in [0.5, 0.6) is 0 Å². The fourth-order valence-corrected chi connectivity index (χ4v) is 5.98. The second-order valence-corrected chi connectivity index (χ2v) is 9.74. The molecule has 4 nitrogen and oxygen atoms in total. The summed E-state index contributed by atoms with van der Waals surface area (Å²) in [6.07, 6.45) is 13.4. The second-order valence-electron chi connectivity index (χ2n) is 8.40. The van der Waals surface area contributed by atoms with E-state index in [2.05, 4.69) is 40.5 Å². The third-order valence-corrected chi connectivity index (χ3v) is 7.57. The van der Waals surface area contributed by atoms with E-state index in [1.54, 1.807) is 12.1 Å². The molecule has 1 fully saturated rings. The zero-order valence-electron chi connectivity index (χ0n) is 17.5. The van der Waals surface area contributed by atoms with Gasteiger partial charge in [0.05, 0.1) is 12.0 Å². The standard InChI is InChI=1S/C25H27FN4S/c1-2-25-14-19(16-28)24(29-22-8-6-21(26)7-9-22)13-20(25)10-11-30(17-25)31-23-5-3-4-18(12-23)15-27/h2-3,5-9,13,16,18,23,28-29H,1,4,10-12,14,17H2. The summed E-state index contributed by atoms with van der Waals surface area (Å²) >= 11 is 1.84. The topological polar surface area (TPSA) is 62.9 Å². The number of hydrogen-bond donors (Lipinski definition) is 2. The summed E-state index contributed by atoms with van der Waals surface area (Å²) in [4.78, 5) is 0. The van der Waals surface area contributed by atoms with E-state index in [1.165, 1.54) is 23.9 Å². The molecule has 31 heavy (non-hydrogen) atoms. The number of rotatable bonds is 6. The fraction of sp³-hybridized carbons (Fsp3) is 0.360. The van der Waals surface area contributed by atoms with Crippen LogP contribution in [0.15, 0.2) is 72.0 Å². The Hall–Kier alpha value is -2.62. The first-order chi connectivity index (χ1) is 15.0. The van der Waals surface area contributed by atoms with Crippen LogP contribution < -0.4 is 5.32 Å². The zero-order valence-corrected chi connectivity index (χ0v) is 18.3. The van der Waals surface area contributed by atoms with Crippen molar-refractivity contribution in [2.45, 2.75) is 30.9 Å². The van der Waals surface area contributed by atoms with Gasteiger partial charge in [-0.2, -0.15) is 5.26 Å². The number of anilines is 1. The molecule has 0 bridgehead atoms. The summed E-state index contributed by atoms with van der Waals surface area (Å²) in [5.74, 6) is -0.156. The van der Waals surface area contributed by atoms with Gasteiger partial charge in [-0.3, -0.25) is 0 Å². The highest BCUT2D eigenvalue weighted by molar-refractivity contribution is 7.97. The van der Waals surface area contributed by atoms with E-state index < -0.39 is 0 Å². The molecule has 6 heteroatoms. The lowest BCUT2D eigenvalue weighted by Gasteiger charge is -2.46. The normalized spacial score (nSPS) is 28.3. The minimum absolute atomic E-state index is 0.110. The SMILES string of the molecule is C=CC12CC(C=N)=C(Nc3ccc(F)cc3)C=C1CCN(SC1C=CCC(C#N)C1)C2. The van der Waals surface area contributed by atoms with Gasteiger partial charge < -0.3 is 10.7 Å². The molecule has 1 heterocycles. The van der Waals surface area contributed by atoms with E-state index in [-0.39, 0.29) is 17.2 Å². The highest BCUT2D eigenvalue weighted by Gasteiger charge is 2.41. The third kappa shape index (κ3) is 4.68. The second kappa shape index (κ2) is 9.25. The Labute approximate surface area is 187 Å². The Kier molecular flexibility index (Phi) is 6.45. The minimum atomic E-state index is -0.266. The van der Waals surface area contributed by atoms with Crippen molar-refractivity contribution in [2.75, 3.05) is 18.4 Å². The first-order valence-electron chi connectivity index (χ1n) is 10.6. The molecule has 160 valence electrons. The maximum absolute atomic E-state index is 13.2. The Bertz CT molecular complexity index is 988. The Morgan fingerprint density at radius 2 is 2.16 bits per heavy atom. The molecule has 3 unspecified atom stereocenters. The summed E-state index contributed by atoms with van der Waals surface area (Å²) in [6, 6.07) is 8.70. The predicted octanol–water partition coefficient (Wildman–Crippen LogP) is 5.86. The molecule has 0 aromatic heterocycles. The van der Waals surface area contributed by atoms with E-state index in [4.69, 9.17) is 5.41 Å². The predicted molar refractivity (Wildman–Crippen MR) is 126 cm³/mol. The van der Waals surface area contributed by atoms with Gasteiger partial charge in [0.15, 0.2) is 0 Å². The molecule has 2 N–H and O–H groups in total. The maximum Gasteiger partial charge on any atom is 0.123 e. The van der Waals surface area contributed by atoms with Crippen molar-refractivity contribution in [3.05, 3.63) is 77.8 Å². The lowest BCUT2D eigenvalue weighted by atomic mass is 9.69. The number of nitrogens with zero attached hydrogens (tertiary/aromatic N) is 2. The molecule has 2 aliphatic carbocycles. The van der Waals surface area contributed by atoms with Crippen LogP contribution in [-0.2, 0) is 0 Å². The quantitative estimate of drug-likeness (QED) is 0.335. The van der Waals surface area contributed by atoms with E-state index in [9.17, 15) is 9.65 Å². The summed E-state index contributed by atoms with van der Waals surface area (Å²) in [7, 11) is 0. The number of halogens is 1. The van der Waals surface area contributed by atoms with Crippen LogP contribution in [0.3, 0.4) is 0 Å². The molecule has 0 radical (unpaired) electrons. The number of fused-ring (bicyclic) bond motifs is 1. The summed E-state index contributed by atoms with van der Waals surface area (Å²) in [5, 5.41) is 21.0. The molecule has 0 spiro atoms. The lowest BCUT2D eigenvalue weighted by Crippen LogP contribution is -2.43. The molecule has 0 amide bonds. The Morgan fingerprint density at radius 3 is 2.87 bits per heavy atom. The van der Waals surface area contributed by atoms with Crippen LogP contribution in [0.1, 0.15) is 25.7 Å². The van der Waals surface area contributed by atoms with Crippen molar-refractivity contribution < 1.29 is 4.39 Å². The van der Waals surface area contributed by atoms with Gasteiger partial charge in [-0.1, -0.05) is 35.7 Å². The molecule has 1 aromatic carbocycles. The van der Waals surface area contributed by atoms with Crippen LogP contribution in [0.4, 0.5) is 10.1 Å². The van der Waals surface area contributed by atoms with Crippen molar-refractivity contribution in [3.8, 4) is 6.07 Å². The number of benzene rings is 1. The smallest absolute Gasteiger partial charge is 0.123 e. The summed E-state index contributed by atoms with van der Waals surface area (Å²) in [5.41, 5.74) is 3.76. The van der Waals surface area contributed by atoms with E-state index in [0.717, 1.165) is 49.3 Å². The largest absolute Gasteiger partial charge is 0.355 e. The van der Waals surface area contributed by atoms with Crippen LogP contribution in [0.2, 0.25) is 0 Å².